The Bertz CT molecular complexity index is 938. The van der Waals surface area contributed by atoms with Crippen LogP contribution in [0.25, 0.3) is 16.7 Å². The predicted octanol–water partition coefficient (Wildman–Crippen LogP) is 6.45. The molecule has 4 rings (SSSR count). The van der Waals surface area contributed by atoms with Crippen LogP contribution in [0, 0.1) is 0 Å². The molecule has 0 aliphatic heterocycles. The summed E-state index contributed by atoms with van der Waals surface area (Å²) in [7, 11) is 0. The van der Waals surface area contributed by atoms with Gasteiger partial charge in [0.25, 0.3) is 0 Å². The van der Waals surface area contributed by atoms with Crippen LogP contribution in [0.2, 0.25) is 0 Å². The van der Waals surface area contributed by atoms with Gasteiger partial charge in [-0.1, -0.05) is 90.5 Å². The SMILES string of the molecule is CC(C)=C1C(c2ccccc2)=C(c2ccccc2)c2ccccc21. The van der Waals surface area contributed by atoms with Crippen molar-refractivity contribution in [3.63, 3.8) is 0 Å². The first-order chi connectivity index (χ1) is 11.8. The third-order valence-corrected chi connectivity index (χ3v) is 4.59. The number of benzene rings is 3. The molecular weight excluding hydrogens is 288 g/mol. The van der Waals surface area contributed by atoms with Crippen LogP contribution in [0.15, 0.2) is 90.5 Å². The first-order valence-corrected chi connectivity index (χ1v) is 8.40. The number of fused-ring (bicyclic) bond motifs is 1. The number of allylic oxidation sites excluding steroid dienone is 3. The van der Waals surface area contributed by atoms with Crippen LogP contribution in [0.4, 0.5) is 0 Å². The van der Waals surface area contributed by atoms with Gasteiger partial charge in [0.1, 0.15) is 0 Å². The lowest BCUT2D eigenvalue weighted by Gasteiger charge is -2.12. The minimum Gasteiger partial charge on any atom is -0.0679 e. The highest BCUT2D eigenvalue weighted by atomic mass is 14.3. The maximum absolute atomic E-state index is 2.25. The number of hydrogen-bond acceptors (Lipinski definition) is 0. The van der Waals surface area contributed by atoms with E-state index in [1.165, 1.54) is 44.5 Å². The fourth-order valence-electron chi connectivity index (χ4n) is 3.63. The van der Waals surface area contributed by atoms with Crippen LogP contribution in [-0.2, 0) is 0 Å². The van der Waals surface area contributed by atoms with Gasteiger partial charge in [-0.3, -0.25) is 0 Å². The van der Waals surface area contributed by atoms with Crippen molar-refractivity contribution < 1.29 is 0 Å². The Morgan fingerprint density at radius 1 is 0.500 bits per heavy atom. The number of rotatable bonds is 2. The lowest BCUT2D eigenvalue weighted by Crippen LogP contribution is -1.90. The Labute approximate surface area is 143 Å². The second-order valence-corrected chi connectivity index (χ2v) is 6.40. The van der Waals surface area contributed by atoms with E-state index in [4.69, 9.17) is 0 Å². The average Bonchev–Trinajstić information content (AvgIpc) is 2.98. The second-order valence-electron chi connectivity index (χ2n) is 6.40. The van der Waals surface area contributed by atoms with Crippen LogP contribution in [0.3, 0.4) is 0 Å². The quantitative estimate of drug-likeness (QED) is 0.510. The molecule has 0 bridgehead atoms. The highest BCUT2D eigenvalue weighted by Gasteiger charge is 2.28. The predicted molar refractivity (Wildman–Crippen MR) is 104 cm³/mol. The monoisotopic (exact) mass is 308 g/mol. The minimum absolute atomic E-state index is 1.28. The van der Waals surface area contributed by atoms with Crippen LogP contribution in [0.1, 0.15) is 36.1 Å². The summed E-state index contributed by atoms with van der Waals surface area (Å²) in [6, 6.07) is 30.3. The molecule has 0 heteroatoms. The zero-order valence-electron chi connectivity index (χ0n) is 14.1. The second kappa shape index (κ2) is 5.98. The molecule has 3 aromatic carbocycles. The first-order valence-electron chi connectivity index (χ1n) is 8.40. The number of hydrogen-bond donors (Lipinski definition) is 0. The third kappa shape index (κ3) is 2.32. The fourth-order valence-corrected chi connectivity index (χ4v) is 3.63. The van der Waals surface area contributed by atoms with Gasteiger partial charge in [0.05, 0.1) is 0 Å². The van der Waals surface area contributed by atoms with Gasteiger partial charge in [0.15, 0.2) is 0 Å². The van der Waals surface area contributed by atoms with Gasteiger partial charge in [-0.2, -0.15) is 0 Å². The van der Waals surface area contributed by atoms with Gasteiger partial charge in [0, 0.05) is 0 Å². The van der Waals surface area contributed by atoms with Crippen molar-refractivity contribution in [3.05, 3.63) is 113 Å². The molecule has 24 heavy (non-hydrogen) atoms. The summed E-state index contributed by atoms with van der Waals surface area (Å²) in [5.74, 6) is 0. The molecule has 116 valence electrons. The van der Waals surface area contributed by atoms with E-state index in [1.807, 2.05) is 0 Å². The molecule has 3 aromatic rings. The van der Waals surface area contributed by atoms with Crippen molar-refractivity contribution in [2.45, 2.75) is 13.8 Å². The third-order valence-electron chi connectivity index (χ3n) is 4.59. The maximum atomic E-state index is 2.25. The van der Waals surface area contributed by atoms with E-state index >= 15 is 0 Å². The molecule has 1 aliphatic rings. The standard InChI is InChI=1S/C24H20/c1-17(2)22-20-15-9-10-16-21(20)23(18-11-5-3-6-12-18)24(22)19-13-7-4-8-14-19/h3-16H,1-2H3. The summed E-state index contributed by atoms with van der Waals surface area (Å²) >= 11 is 0. The highest BCUT2D eigenvalue weighted by molar-refractivity contribution is 6.24. The smallest absolute Gasteiger partial charge is 0.00204 e. The van der Waals surface area contributed by atoms with Gasteiger partial charge in [-0.25, -0.2) is 0 Å². The van der Waals surface area contributed by atoms with Crippen LogP contribution < -0.4 is 0 Å². The molecule has 0 unspecified atom stereocenters. The fraction of sp³-hybridized carbons (Fsp3) is 0.0833. The Morgan fingerprint density at radius 2 is 0.958 bits per heavy atom. The molecule has 0 nitrogen and oxygen atoms in total. The minimum atomic E-state index is 1.28. The summed E-state index contributed by atoms with van der Waals surface area (Å²) in [4.78, 5) is 0. The van der Waals surface area contributed by atoms with Gasteiger partial charge >= 0.3 is 0 Å². The van der Waals surface area contributed by atoms with E-state index < -0.39 is 0 Å². The van der Waals surface area contributed by atoms with Gasteiger partial charge in [-0.05, 0) is 52.8 Å². The molecule has 1 aliphatic carbocycles. The Kier molecular flexibility index (Phi) is 3.66. The summed E-state index contributed by atoms with van der Waals surface area (Å²) < 4.78 is 0. The molecular formula is C24H20. The molecule has 0 amide bonds. The summed E-state index contributed by atoms with van der Waals surface area (Å²) in [6.45, 7) is 4.42. The zero-order chi connectivity index (χ0) is 16.5. The topological polar surface area (TPSA) is 0 Å². The molecule has 0 heterocycles. The molecule has 0 spiro atoms. The van der Waals surface area contributed by atoms with E-state index in [0.29, 0.717) is 0 Å². The van der Waals surface area contributed by atoms with Crippen molar-refractivity contribution in [2.24, 2.45) is 0 Å². The summed E-state index contributed by atoms with van der Waals surface area (Å²) in [6.07, 6.45) is 0. The van der Waals surface area contributed by atoms with E-state index in [9.17, 15) is 0 Å². The maximum Gasteiger partial charge on any atom is -0.00204 e. The van der Waals surface area contributed by atoms with Gasteiger partial charge < -0.3 is 0 Å². The summed E-state index contributed by atoms with van der Waals surface area (Å²) in [5, 5.41) is 0. The lowest BCUT2D eigenvalue weighted by molar-refractivity contribution is 1.40. The molecule has 0 N–H and O–H groups in total. The van der Waals surface area contributed by atoms with Gasteiger partial charge in [0.2, 0.25) is 0 Å². The van der Waals surface area contributed by atoms with Gasteiger partial charge in [-0.15, -0.1) is 0 Å². The van der Waals surface area contributed by atoms with Crippen LogP contribution in [-0.4, -0.2) is 0 Å². The van der Waals surface area contributed by atoms with Crippen molar-refractivity contribution in [1.82, 2.24) is 0 Å². The molecule has 0 fully saturated rings. The van der Waals surface area contributed by atoms with Crippen molar-refractivity contribution in [1.29, 1.82) is 0 Å². The van der Waals surface area contributed by atoms with Crippen molar-refractivity contribution in [2.75, 3.05) is 0 Å². The van der Waals surface area contributed by atoms with Crippen molar-refractivity contribution >= 4 is 16.7 Å². The van der Waals surface area contributed by atoms with Crippen molar-refractivity contribution in [3.8, 4) is 0 Å². The zero-order valence-corrected chi connectivity index (χ0v) is 14.1. The van der Waals surface area contributed by atoms with Crippen LogP contribution >= 0.6 is 0 Å². The largest absolute Gasteiger partial charge is 0.0679 e. The normalized spacial score (nSPS) is 13.2. The average molecular weight is 308 g/mol. The lowest BCUT2D eigenvalue weighted by atomic mass is 9.91. The Balaban J connectivity index is 2.12. The molecule has 0 saturated carbocycles. The highest BCUT2D eigenvalue weighted by Crippen LogP contribution is 2.50. The Hall–Kier alpha value is -2.86. The first kappa shape index (κ1) is 14.7. The molecule has 0 radical (unpaired) electrons. The van der Waals surface area contributed by atoms with E-state index in [1.54, 1.807) is 0 Å². The summed E-state index contributed by atoms with van der Waals surface area (Å²) in [5.41, 5.74) is 10.7. The molecule has 0 atom stereocenters. The van der Waals surface area contributed by atoms with Crippen LogP contribution in [0.5, 0.6) is 0 Å². The molecule has 0 aromatic heterocycles. The Morgan fingerprint density at radius 3 is 1.50 bits per heavy atom. The molecule has 0 saturated heterocycles. The van der Waals surface area contributed by atoms with E-state index in [-0.39, 0.29) is 0 Å². The van der Waals surface area contributed by atoms with E-state index in [0.717, 1.165) is 0 Å². The van der Waals surface area contributed by atoms with E-state index in [2.05, 4.69) is 98.8 Å².